The highest BCUT2D eigenvalue weighted by Crippen LogP contribution is 2.47. The number of alkyl halides is 1. The number of fused-ring (bicyclic) bond motifs is 6. The monoisotopic (exact) mass is 1290 g/mol. The van der Waals surface area contributed by atoms with E-state index in [2.05, 4.69) is 139 Å². The van der Waals surface area contributed by atoms with Gasteiger partial charge in [0.1, 0.15) is 9.66 Å². The number of carbonyl (C=O) groups is 4. The molecule has 3 saturated carbocycles. The summed E-state index contributed by atoms with van der Waals surface area (Å²) >= 11 is 9.72. The van der Waals surface area contributed by atoms with Crippen LogP contribution in [0.5, 0.6) is 0 Å². The summed E-state index contributed by atoms with van der Waals surface area (Å²) in [4.78, 5) is 70.7. The summed E-state index contributed by atoms with van der Waals surface area (Å²) in [6.07, 6.45) is 26.0. The van der Waals surface area contributed by atoms with Gasteiger partial charge in [-0.25, -0.2) is 0 Å². The van der Waals surface area contributed by atoms with Gasteiger partial charge in [0.25, 0.3) is 0 Å². The standard InChI is InChI=1S/C36H48N4O2S.C26H31ClN2OS.C12H21NO.ClH/c1-22-16-23(2)18-26(17-22)32-30(21-39-14-12-24(13-15-39)20-37-33(41)25-6-5-7-25)29-19-31(43-34(29)38-32)36(3,4)35(42)40-27-8-9-28(40)11-10-27;1-15-11-16(2)13-17(12-15)23-20(9-10-27)21-14-22(31-24(21)28-23)26(3,4)25(30)29-18-5-6-19(29)8-7-18;14-12(11-7-4-8-11)13-9-10-5-2-1-3-6-10;/h16-19,24-25,27-28,38H,5-15,20-21H2,1-4H3,(H,37,41);11-14,18-19,28H,5-10H2,1-4H3;10-11H,1-9H2,(H,13,14);1H. The SMILES string of the molecule is Cc1cc(C)cc(-c2[nH]c3sc(C(C)(C)C(=O)N4C5CCC4CC5)cc3c2CCCl)c1.Cc1cc(C)cc(-c2[nH]c3sc(C(C)(C)C(=O)N4C5CCC4CC5)cc3c2CN2CCC(CNC(=O)C3CCC3)CC2)c1.Cl.O=C(NCC1CCCCC1)C1CCC1. The van der Waals surface area contributed by atoms with Crippen molar-refractivity contribution < 1.29 is 19.2 Å². The number of thiophene rings is 2. The number of rotatable bonds is 16. The van der Waals surface area contributed by atoms with E-state index in [-0.39, 0.29) is 24.2 Å². The smallest absolute Gasteiger partial charge is 0.233 e. The van der Waals surface area contributed by atoms with Gasteiger partial charge in [-0.2, -0.15) is 0 Å². The predicted octanol–water partition coefficient (Wildman–Crippen LogP) is 16.7. The van der Waals surface area contributed by atoms with E-state index in [1.54, 1.807) is 22.7 Å². The first-order valence-corrected chi connectivity index (χ1v) is 36.5. The normalized spacial score (nSPS) is 22.3. The van der Waals surface area contributed by atoms with Crippen LogP contribution < -0.4 is 10.6 Å². The molecule has 15 heteroatoms. The van der Waals surface area contributed by atoms with Gasteiger partial charge in [0, 0.05) is 87.6 Å². The molecule has 14 rings (SSSR count). The van der Waals surface area contributed by atoms with E-state index in [0.29, 0.717) is 59.6 Å². The zero-order valence-electron chi connectivity index (χ0n) is 54.6. The van der Waals surface area contributed by atoms with Gasteiger partial charge in [-0.1, -0.05) is 66.5 Å². The van der Waals surface area contributed by atoms with E-state index in [4.69, 9.17) is 11.6 Å². The lowest BCUT2D eigenvalue weighted by Gasteiger charge is -2.33. The number of nitrogens with one attached hydrogen (secondary N) is 4. The van der Waals surface area contributed by atoms with Gasteiger partial charge in [-0.15, -0.1) is 46.7 Å². The number of hydrogen-bond donors (Lipinski definition) is 4. The molecule has 8 fully saturated rings. The Labute approximate surface area is 549 Å². The van der Waals surface area contributed by atoms with E-state index in [9.17, 15) is 19.2 Å². The van der Waals surface area contributed by atoms with Gasteiger partial charge in [-0.05, 0) is 243 Å². The maximum atomic E-state index is 14.0. The van der Waals surface area contributed by atoms with Crippen molar-refractivity contribution >= 4 is 90.7 Å². The largest absolute Gasteiger partial charge is 0.356 e. The molecule has 4 amide bonds. The highest BCUT2D eigenvalue weighted by atomic mass is 35.5. The van der Waals surface area contributed by atoms with Crippen molar-refractivity contribution in [3.63, 3.8) is 0 Å². The van der Waals surface area contributed by atoms with Gasteiger partial charge < -0.3 is 30.4 Å². The topological polar surface area (TPSA) is 134 Å². The molecule has 0 unspecified atom stereocenters. The molecule has 482 valence electrons. The molecule has 2 aromatic carbocycles. The van der Waals surface area contributed by atoms with Crippen LogP contribution in [0.15, 0.2) is 48.5 Å². The minimum Gasteiger partial charge on any atom is -0.356 e. The molecule has 5 aliphatic heterocycles. The quantitative estimate of drug-likeness (QED) is 0.0716. The Balaban J connectivity index is 0.000000154. The number of amides is 4. The average Bonchev–Trinajstić information content (AvgIpc) is 1.61. The molecule has 9 heterocycles. The molecule has 89 heavy (non-hydrogen) atoms. The third-order valence-electron chi connectivity index (χ3n) is 22.1. The Morgan fingerprint density at radius 3 is 1.27 bits per heavy atom. The fourth-order valence-corrected chi connectivity index (χ4v) is 18.9. The lowest BCUT2D eigenvalue weighted by atomic mass is 9.84. The van der Waals surface area contributed by atoms with Crippen molar-refractivity contribution in [1.29, 1.82) is 0 Å². The predicted molar refractivity (Wildman–Crippen MR) is 371 cm³/mol. The number of likely N-dealkylation sites (tertiary alicyclic amines) is 1. The number of aromatic nitrogens is 2. The van der Waals surface area contributed by atoms with Gasteiger partial charge in [0.05, 0.1) is 22.2 Å². The van der Waals surface area contributed by atoms with Crippen LogP contribution in [0.25, 0.3) is 42.9 Å². The van der Waals surface area contributed by atoms with E-state index in [1.165, 1.54) is 173 Å². The van der Waals surface area contributed by atoms with Crippen LogP contribution >= 0.6 is 46.7 Å². The average molecular weight is 1290 g/mol. The lowest BCUT2D eigenvalue weighted by molar-refractivity contribution is -0.138. The van der Waals surface area contributed by atoms with Crippen LogP contribution in [0.2, 0.25) is 0 Å². The molecule has 3 aliphatic carbocycles. The Kier molecular flexibility index (Phi) is 20.6. The summed E-state index contributed by atoms with van der Waals surface area (Å²) in [5, 5.41) is 8.85. The summed E-state index contributed by atoms with van der Waals surface area (Å²) in [6.45, 7) is 21.8. The maximum absolute atomic E-state index is 14.0. The summed E-state index contributed by atoms with van der Waals surface area (Å²) in [7, 11) is 0. The van der Waals surface area contributed by atoms with Gasteiger partial charge in [-0.3, -0.25) is 24.1 Å². The molecule has 0 atom stereocenters. The molecule has 8 aliphatic rings. The number of halogens is 2. The molecule has 0 spiro atoms. The van der Waals surface area contributed by atoms with E-state index >= 15 is 0 Å². The molecule has 5 saturated heterocycles. The summed E-state index contributed by atoms with van der Waals surface area (Å²) in [5.74, 6) is 3.74. The fraction of sp³-hybridized carbons (Fsp3) is 0.622. The second-order valence-corrected chi connectivity index (χ2v) is 31.9. The highest BCUT2D eigenvalue weighted by molar-refractivity contribution is 7.19. The summed E-state index contributed by atoms with van der Waals surface area (Å²) < 4.78 is 0. The Bertz CT molecular complexity index is 3420. The summed E-state index contributed by atoms with van der Waals surface area (Å²) in [6, 6.07) is 19.9. The molecular formula is C74H101Cl2N7O4S2. The van der Waals surface area contributed by atoms with Crippen molar-refractivity contribution in [3.05, 3.63) is 91.7 Å². The van der Waals surface area contributed by atoms with Crippen molar-refractivity contribution in [2.75, 3.05) is 32.1 Å². The van der Waals surface area contributed by atoms with Gasteiger partial charge >= 0.3 is 0 Å². The Hall–Kier alpha value is -4.66. The molecule has 0 radical (unpaired) electrons. The zero-order valence-corrected chi connectivity index (χ0v) is 57.8. The number of aryl methyl sites for hydroxylation is 5. The zero-order chi connectivity index (χ0) is 61.6. The van der Waals surface area contributed by atoms with Crippen LogP contribution in [0, 0.1) is 51.4 Å². The minimum absolute atomic E-state index is 0. The first-order valence-electron chi connectivity index (χ1n) is 34.3. The Morgan fingerprint density at radius 2 is 0.888 bits per heavy atom. The fourth-order valence-electron chi connectivity index (χ4n) is 16.4. The van der Waals surface area contributed by atoms with E-state index in [1.807, 2.05) is 0 Å². The number of benzene rings is 2. The van der Waals surface area contributed by atoms with E-state index < -0.39 is 10.8 Å². The molecular weight excluding hydrogens is 1190 g/mol. The molecule has 11 nitrogen and oxygen atoms in total. The molecule has 4 aromatic heterocycles. The van der Waals surface area contributed by atoms with Crippen molar-refractivity contribution in [2.45, 2.75) is 238 Å². The third kappa shape index (κ3) is 14.0. The number of hydrogen-bond acceptors (Lipinski definition) is 7. The second kappa shape index (κ2) is 27.9. The summed E-state index contributed by atoms with van der Waals surface area (Å²) in [5.41, 5.74) is 11.5. The van der Waals surface area contributed by atoms with Crippen molar-refractivity contribution in [2.24, 2.45) is 23.7 Å². The number of nitrogens with zero attached hydrogens (tertiary/aromatic N) is 3. The highest BCUT2D eigenvalue weighted by Gasteiger charge is 2.49. The Morgan fingerprint density at radius 1 is 0.506 bits per heavy atom. The van der Waals surface area contributed by atoms with Gasteiger partial charge in [0.15, 0.2) is 0 Å². The van der Waals surface area contributed by atoms with Crippen LogP contribution in [0.3, 0.4) is 0 Å². The van der Waals surface area contributed by atoms with Crippen molar-refractivity contribution in [1.82, 2.24) is 35.3 Å². The lowest BCUT2D eigenvalue weighted by Crippen LogP contribution is -2.45. The number of H-pyrrole nitrogens is 2. The van der Waals surface area contributed by atoms with Crippen LogP contribution in [-0.2, 0) is 43.0 Å². The maximum Gasteiger partial charge on any atom is 0.233 e. The number of aromatic amines is 2. The molecule has 4 bridgehead atoms. The second-order valence-electron chi connectivity index (χ2n) is 29.4. The van der Waals surface area contributed by atoms with Gasteiger partial charge in [0.2, 0.25) is 23.6 Å². The minimum atomic E-state index is -0.532. The van der Waals surface area contributed by atoms with E-state index in [0.717, 1.165) is 93.3 Å². The molecule has 4 N–H and O–H groups in total. The first-order chi connectivity index (χ1) is 42.3. The first kappa shape index (κ1) is 65.8. The van der Waals surface area contributed by atoms with Crippen molar-refractivity contribution in [3.8, 4) is 22.5 Å². The number of piperidine rings is 1. The third-order valence-corrected chi connectivity index (χ3v) is 25.1. The van der Waals surface area contributed by atoms with Crippen LogP contribution in [0.1, 0.15) is 206 Å². The van der Waals surface area contributed by atoms with Crippen LogP contribution in [0.4, 0.5) is 0 Å². The number of carbonyl (C=O) groups excluding carboxylic acids is 4. The van der Waals surface area contributed by atoms with Crippen LogP contribution in [-0.4, -0.2) is 105 Å². The molecule has 6 aromatic rings.